The second kappa shape index (κ2) is 13.2. The van der Waals surface area contributed by atoms with E-state index in [1.807, 2.05) is 0 Å². The average Bonchev–Trinajstić information content (AvgIpc) is 2.29. The number of allylic oxidation sites excluding steroid dienone is 2. The van der Waals surface area contributed by atoms with Crippen LogP contribution in [-0.4, -0.2) is 21.7 Å². The predicted molar refractivity (Wildman–Crippen MR) is 83.1 cm³/mol. The molecule has 0 aromatic rings. The fraction of sp³-hybridized carbons (Fsp3) is 0.714. The number of unbranched alkanes of at least 4 members (excludes halogenated alkanes) is 4. The van der Waals surface area contributed by atoms with E-state index in [0.717, 1.165) is 50.0 Å². The Balaban J connectivity index is 3.14. The van der Waals surface area contributed by atoms with Crippen molar-refractivity contribution in [3.05, 3.63) is 12.2 Å². The molecule has 0 aliphatic heterocycles. The van der Waals surface area contributed by atoms with Crippen molar-refractivity contribution >= 4 is 33.8 Å². The van der Waals surface area contributed by atoms with E-state index in [1.54, 1.807) is 13.8 Å². The summed E-state index contributed by atoms with van der Waals surface area (Å²) >= 11 is 2.84. The van der Waals surface area contributed by atoms with Gasteiger partial charge in [-0.1, -0.05) is 35.7 Å². The summed E-state index contributed by atoms with van der Waals surface area (Å²) < 4.78 is 0. The highest BCUT2D eigenvalue weighted by Gasteiger charge is 1.94. The van der Waals surface area contributed by atoms with Crippen LogP contribution in [0.1, 0.15) is 52.4 Å². The zero-order chi connectivity index (χ0) is 13.6. The first-order valence-electron chi connectivity index (χ1n) is 6.54. The van der Waals surface area contributed by atoms with Gasteiger partial charge < -0.3 is 0 Å². The summed E-state index contributed by atoms with van der Waals surface area (Å²) in [6.45, 7) is 3.24. The molecule has 0 heterocycles. The van der Waals surface area contributed by atoms with Gasteiger partial charge in [-0.05, 0) is 38.5 Å². The molecule has 0 N–H and O–H groups in total. The van der Waals surface area contributed by atoms with E-state index in [9.17, 15) is 9.59 Å². The summed E-state index contributed by atoms with van der Waals surface area (Å²) in [7, 11) is 0. The van der Waals surface area contributed by atoms with Gasteiger partial charge in [0.25, 0.3) is 0 Å². The fourth-order valence-corrected chi connectivity index (χ4v) is 2.67. The van der Waals surface area contributed by atoms with E-state index in [1.165, 1.54) is 23.5 Å². The van der Waals surface area contributed by atoms with Crippen LogP contribution in [0.5, 0.6) is 0 Å². The van der Waals surface area contributed by atoms with Crippen molar-refractivity contribution in [2.45, 2.75) is 52.4 Å². The minimum absolute atomic E-state index is 0.217. The van der Waals surface area contributed by atoms with Crippen molar-refractivity contribution < 1.29 is 9.59 Å². The molecule has 0 aromatic carbocycles. The van der Waals surface area contributed by atoms with Crippen LogP contribution in [0.2, 0.25) is 0 Å². The quantitative estimate of drug-likeness (QED) is 0.439. The van der Waals surface area contributed by atoms with Gasteiger partial charge >= 0.3 is 0 Å². The van der Waals surface area contributed by atoms with Gasteiger partial charge in [-0.25, -0.2) is 0 Å². The molecule has 0 saturated heterocycles. The van der Waals surface area contributed by atoms with Crippen molar-refractivity contribution in [2.24, 2.45) is 0 Å². The SMILES string of the molecule is CC(=O)SCCCC/C=C\CCCCSC(C)=O. The summed E-state index contributed by atoms with van der Waals surface area (Å²) in [5.74, 6) is 1.90. The molecule has 0 saturated carbocycles. The highest BCUT2D eigenvalue weighted by Crippen LogP contribution is 2.09. The molecular formula is C14H24O2S2. The molecule has 4 heteroatoms. The number of carbonyl (C=O) groups excluding carboxylic acids is 2. The van der Waals surface area contributed by atoms with Crippen molar-refractivity contribution in [3.8, 4) is 0 Å². The van der Waals surface area contributed by atoms with E-state index in [0.29, 0.717) is 0 Å². The van der Waals surface area contributed by atoms with Crippen LogP contribution in [0, 0.1) is 0 Å². The van der Waals surface area contributed by atoms with Gasteiger partial charge in [0.15, 0.2) is 10.2 Å². The molecule has 104 valence electrons. The minimum atomic E-state index is 0.217. The Bertz CT molecular complexity index is 237. The second-order valence-corrected chi connectivity index (χ2v) is 6.69. The first-order chi connectivity index (χ1) is 8.63. The van der Waals surface area contributed by atoms with Crippen LogP contribution in [0.15, 0.2) is 12.2 Å². The zero-order valence-corrected chi connectivity index (χ0v) is 13.1. The molecule has 18 heavy (non-hydrogen) atoms. The third kappa shape index (κ3) is 15.8. The smallest absolute Gasteiger partial charge is 0.185 e. The molecule has 0 radical (unpaired) electrons. The van der Waals surface area contributed by atoms with Gasteiger partial charge in [0.2, 0.25) is 0 Å². The van der Waals surface area contributed by atoms with Gasteiger partial charge in [0, 0.05) is 25.4 Å². The van der Waals surface area contributed by atoms with Crippen LogP contribution in [0.25, 0.3) is 0 Å². The van der Waals surface area contributed by atoms with E-state index in [4.69, 9.17) is 0 Å². The first-order valence-corrected chi connectivity index (χ1v) is 8.51. The maximum Gasteiger partial charge on any atom is 0.185 e. The molecule has 0 fully saturated rings. The van der Waals surface area contributed by atoms with Gasteiger partial charge in [-0.2, -0.15) is 0 Å². The second-order valence-electron chi connectivity index (χ2n) is 4.14. The topological polar surface area (TPSA) is 34.1 Å². The Hall–Kier alpha value is -0.220. The first kappa shape index (κ1) is 17.8. The Kier molecular flexibility index (Phi) is 13.1. The summed E-state index contributed by atoms with van der Waals surface area (Å²) in [6, 6.07) is 0. The average molecular weight is 288 g/mol. The molecule has 0 aliphatic rings. The van der Waals surface area contributed by atoms with Crippen LogP contribution >= 0.6 is 23.5 Å². The molecule has 0 aliphatic carbocycles. The van der Waals surface area contributed by atoms with Gasteiger partial charge in [-0.15, -0.1) is 0 Å². The zero-order valence-electron chi connectivity index (χ0n) is 11.4. The third-order valence-corrected chi connectivity index (χ3v) is 4.11. The van der Waals surface area contributed by atoms with E-state index in [2.05, 4.69) is 12.2 Å². The summed E-state index contributed by atoms with van der Waals surface area (Å²) in [5, 5.41) is 0.433. The summed E-state index contributed by atoms with van der Waals surface area (Å²) in [6.07, 6.45) is 11.2. The number of carbonyl (C=O) groups is 2. The number of thioether (sulfide) groups is 2. The van der Waals surface area contributed by atoms with Gasteiger partial charge in [0.05, 0.1) is 0 Å². The van der Waals surface area contributed by atoms with Crippen molar-refractivity contribution in [2.75, 3.05) is 11.5 Å². The lowest BCUT2D eigenvalue weighted by atomic mass is 10.2. The Morgan fingerprint density at radius 3 is 1.50 bits per heavy atom. The van der Waals surface area contributed by atoms with Crippen molar-refractivity contribution in [1.29, 1.82) is 0 Å². The monoisotopic (exact) mass is 288 g/mol. The molecule has 2 nitrogen and oxygen atoms in total. The van der Waals surface area contributed by atoms with Crippen molar-refractivity contribution in [3.63, 3.8) is 0 Å². The maximum absolute atomic E-state index is 10.7. The predicted octanol–water partition coefficient (Wildman–Crippen LogP) is 4.44. The van der Waals surface area contributed by atoms with Crippen LogP contribution in [0.3, 0.4) is 0 Å². The van der Waals surface area contributed by atoms with Crippen molar-refractivity contribution in [1.82, 2.24) is 0 Å². The van der Waals surface area contributed by atoms with Gasteiger partial charge in [0.1, 0.15) is 0 Å². The number of rotatable bonds is 10. The highest BCUT2D eigenvalue weighted by molar-refractivity contribution is 8.13. The molecule has 0 spiro atoms. The molecule has 0 atom stereocenters. The Labute approximate surface area is 119 Å². The molecule has 0 aromatic heterocycles. The molecule has 0 amide bonds. The Morgan fingerprint density at radius 2 is 1.17 bits per heavy atom. The maximum atomic E-state index is 10.7. The molecule has 0 rings (SSSR count). The largest absolute Gasteiger partial charge is 0.288 e. The molecule has 0 bridgehead atoms. The number of hydrogen-bond donors (Lipinski definition) is 0. The standard InChI is InChI=1S/C14H24O2S2/c1-13(15)17-11-9-7-5-3-4-6-8-10-12-18-14(2)16/h3-4H,5-12H2,1-2H3/b4-3-. The third-order valence-electron chi connectivity index (χ3n) is 2.31. The lowest BCUT2D eigenvalue weighted by Gasteiger charge is -1.97. The summed E-state index contributed by atoms with van der Waals surface area (Å²) in [5.41, 5.74) is 0. The van der Waals surface area contributed by atoms with Crippen LogP contribution < -0.4 is 0 Å². The molecule has 0 unspecified atom stereocenters. The van der Waals surface area contributed by atoms with Crippen LogP contribution in [-0.2, 0) is 9.59 Å². The highest BCUT2D eigenvalue weighted by atomic mass is 32.2. The van der Waals surface area contributed by atoms with Crippen LogP contribution in [0.4, 0.5) is 0 Å². The lowest BCUT2D eigenvalue weighted by Crippen LogP contribution is -1.86. The Morgan fingerprint density at radius 1 is 0.778 bits per heavy atom. The van der Waals surface area contributed by atoms with E-state index < -0.39 is 0 Å². The molecular weight excluding hydrogens is 264 g/mol. The normalized spacial score (nSPS) is 11.0. The lowest BCUT2D eigenvalue weighted by molar-refractivity contribution is -0.109. The van der Waals surface area contributed by atoms with E-state index >= 15 is 0 Å². The number of hydrogen-bond acceptors (Lipinski definition) is 4. The van der Waals surface area contributed by atoms with E-state index in [-0.39, 0.29) is 10.2 Å². The fourth-order valence-electron chi connectivity index (χ4n) is 1.40. The summed E-state index contributed by atoms with van der Waals surface area (Å²) in [4.78, 5) is 21.3. The minimum Gasteiger partial charge on any atom is -0.288 e. The van der Waals surface area contributed by atoms with Gasteiger partial charge in [-0.3, -0.25) is 9.59 Å².